The molecule has 1 amide bonds. The zero-order chi connectivity index (χ0) is 45.9. The van der Waals surface area contributed by atoms with Crippen molar-refractivity contribution in [3.63, 3.8) is 0 Å². The first-order valence-corrected chi connectivity index (χ1v) is 20.5. The molecule has 2 aromatic carbocycles. The maximum absolute atomic E-state index is 12.9. The molecule has 18 nitrogen and oxygen atoms in total. The third-order valence-electron chi connectivity index (χ3n) is 9.57. The van der Waals surface area contributed by atoms with Gasteiger partial charge in [0.1, 0.15) is 43.1 Å². The van der Waals surface area contributed by atoms with Crippen LogP contribution in [0.2, 0.25) is 0 Å². The summed E-state index contributed by atoms with van der Waals surface area (Å²) < 4.78 is 7.65. The first-order chi connectivity index (χ1) is 31.3. The Balaban J connectivity index is 0.000000198. The van der Waals surface area contributed by atoms with E-state index in [1.54, 1.807) is 45.3 Å². The molecule has 0 fully saturated rings. The van der Waals surface area contributed by atoms with Gasteiger partial charge in [0.05, 0.1) is 33.5 Å². The number of hydrogen-bond acceptors (Lipinski definition) is 15. The molecule has 0 aliphatic carbocycles. The lowest BCUT2D eigenvalue weighted by Gasteiger charge is -2.19. The summed E-state index contributed by atoms with van der Waals surface area (Å²) in [6.07, 6.45) is 5.59. The molecule has 8 rings (SSSR count). The second-order valence-corrected chi connectivity index (χ2v) is 15.7. The van der Waals surface area contributed by atoms with Gasteiger partial charge >= 0.3 is 6.09 Å². The molecule has 5 N–H and O–H groups in total. The molecule has 0 bridgehead atoms. The number of anilines is 4. The second kappa shape index (κ2) is 20.2. The molecule has 0 radical (unpaired) electrons. The zero-order valence-electron chi connectivity index (χ0n) is 36.5. The number of aryl methyl sites for hydroxylation is 2. The third kappa shape index (κ3) is 11.7. The number of pyridine rings is 4. The predicted octanol–water partition coefficient (Wildman–Crippen LogP) is 6.40. The number of carbonyl (C=O) groups is 1. The van der Waals surface area contributed by atoms with Crippen LogP contribution in [0, 0.1) is 13.8 Å². The molecule has 18 heteroatoms. The van der Waals surface area contributed by atoms with Gasteiger partial charge in [-0.3, -0.25) is 14.9 Å². The molecule has 65 heavy (non-hydrogen) atoms. The number of amides is 1. The van der Waals surface area contributed by atoms with Crippen LogP contribution in [-0.4, -0.2) is 51.1 Å². The van der Waals surface area contributed by atoms with Crippen LogP contribution in [0.4, 0.5) is 27.8 Å². The fraction of sp³-hybridized carbons (Fsp3) is 0.213. The number of nitrogens with zero attached hydrogens (tertiary/aromatic N) is 8. The molecule has 0 saturated heterocycles. The Morgan fingerprint density at radius 3 is 1.52 bits per heavy atom. The van der Waals surface area contributed by atoms with E-state index in [4.69, 9.17) is 20.1 Å². The average molecular weight is 877 g/mol. The highest BCUT2D eigenvalue weighted by Crippen LogP contribution is 2.24. The molecule has 6 heterocycles. The summed E-state index contributed by atoms with van der Waals surface area (Å²) in [4.78, 5) is 74.7. The number of aromatic nitrogens is 8. The van der Waals surface area contributed by atoms with Crippen molar-refractivity contribution < 1.29 is 19.2 Å². The van der Waals surface area contributed by atoms with Crippen molar-refractivity contribution in [1.82, 2.24) is 39.4 Å². The summed E-state index contributed by atoms with van der Waals surface area (Å²) >= 11 is 0. The molecular weight excluding hydrogens is 829 g/mol. The molecular formula is C47H48N12O6. The number of nitrogens with one attached hydrogen (secondary N) is 3. The highest BCUT2D eigenvalue weighted by Gasteiger charge is 2.18. The predicted molar refractivity (Wildman–Crippen MR) is 248 cm³/mol. The molecule has 0 aliphatic heterocycles. The highest BCUT2D eigenvalue weighted by atomic mass is 16.7. The third-order valence-corrected chi connectivity index (χ3v) is 9.57. The van der Waals surface area contributed by atoms with Crippen LogP contribution in [0.5, 0.6) is 0 Å². The number of fused-ring (bicyclic) bond motifs is 2. The standard InChI is InChI=1S/C26H28N6O4.C21H20N6O2/c1-17-23-20(27-13-19-10-11-21(28-14-19)31-25(34)36-26(2,3)4)12-22(33)32(24(23)30-16-29-17)35-15-18-8-6-5-7-9-18;1-14-20-17(23-10-16-7-8-18(22)24-11-16)9-19(28)27(21(20)26-13-25-14)29-12-15-5-3-2-4-6-15/h5-12,14,16,27H,13,15H2,1-4H3,(H,28,31,34);2-9,11,13,23H,10,12H2,1H3,(H2,22,24). The van der Waals surface area contributed by atoms with Crippen LogP contribution in [0.25, 0.3) is 22.1 Å². The van der Waals surface area contributed by atoms with E-state index in [1.165, 1.54) is 34.2 Å². The summed E-state index contributed by atoms with van der Waals surface area (Å²) in [6, 6.07) is 29.3. The van der Waals surface area contributed by atoms with Gasteiger partial charge in [0.15, 0.2) is 11.3 Å². The fourth-order valence-electron chi connectivity index (χ4n) is 6.48. The fourth-order valence-corrected chi connectivity index (χ4v) is 6.48. The lowest BCUT2D eigenvalue weighted by Crippen LogP contribution is -2.28. The normalized spacial score (nSPS) is 11.0. The summed E-state index contributed by atoms with van der Waals surface area (Å²) in [5.41, 5.74) is 11.5. The van der Waals surface area contributed by atoms with E-state index in [2.05, 4.69) is 45.9 Å². The number of nitrogen functional groups attached to an aromatic ring is 1. The van der Waals surface area contributed by atoms with Crippen molar-refractivity contribution >= 4 is 51.2 Å². The highest BCUT2D eigenvalue weighted by molar-refractivity contribution is 5.91. The molecule has 0 saturated carbocycles. The maximum Gasteiger partial charge on any atom is 0.413 e. The quantitative estimate of drug-likeness (QED) is 0.0983. The van der Waals surface area contributed by atoms with E-state index in [0.717, 1.165) is 33.3 Å². The van der Waals surface area contributed by atoms with Crippen molar-refractivity contribution in [1.29, 1.82) is 0 Å². The van der Waals surface area contributed by atoms with Crippen molar-refractivity contribution in [3.05, 3.63) is 176 Å². The SMILES string of the molecule is Cc1ncnc2c1c(NCc1ccc(N)nc1)cc(=O)n2OCc1ccccc1.Cc1ncnc2c1c(NCc1ccc(NC(=O)OC(C)(C)C)nc1)cc(=O)n2OCc1ccccc1. The van der Waals surface area contributed by atoms with Crippen LogP contribution in [-0.2, 0) is 31.0 Å². The molecule has 0 spiro atoms. The van der Waals surface area contributed by atoms with Gasteiger partial charge < -0.3 is 30.8 Å². The summed E-state index contributed by atoms with van der Waals surface area (Å²) in [5, 5.41) is 10.6. The Hall–Kier alpha value is -8.41. The van der Waals surface area contributed by atoms with E-state index in [-0.39, 0.29) is 24.3 Å². The number of benzene rings is 2. The van der Waals surface area contributed by atoms with Crippen LogP contribution >= 0.6 is 0 Å². The zero-order valence-corrected chi connectivity index (χ0v) is 36.5. The first-order valence-electron chi connectivity index (χ1n) is 20.5. The minimum atomic E-state index is -0.598. The monoisotopic (exact) mass is 876 g/mol. The largest absolute Gasteiger partial charge is 0.444 e. The Morgan fingerprint density at radius 1 is 0.615 bits per heavy atom. The van der Waals surface area contributed by atoms with Crippen LogP contribution < -0.4 is 42.5 Å². The van der Waals surface area contributed by atoms with Gasteiger partial charge in [-0.1, -0.05) is 72.8 Å². The van der Waals surface area contributed by atoms with Crippen LogP contribution in [0.1, 0.15) is 54.4 Å². The molecule has 332 valence electrons. The number of hydrogen-bond donors (Lipinski definition) is 4. The van der Waals surface area contributed by atoms with E-state index < -0.39 is 11.7 Å². The smallest absolute Gasteiger partial charge is 0.413 e. The van der Waals surface area contributed by atoms with Crippen LogP contribution in [0.15, 0.2) is 132 Å². The number of carbonyl (C=O) groups excluding carboxylic acids is 1. The Morgan fingerprint density at radius 2 is 1.09 bits per heavy atom. The Kier molecular flexibility index (Phi) is 13.9. The lowest BCUT2D eigenvalue weighted by atomic mass is 10.2. The minimum Gasteiger partial charge on any atom is -0.444 e. The summed E-state index contributed by atoms with van der Waals surface area (Å²) in [5.74, 6) is 0.836. The van der Waals surface area contributed by atoms with E-state index in [9.17, 15) is 14.4 Å². The van der Waals surface area contributed by atoms with Gasteiger partial charge in [-0.2, -0.15) is 0 Å². The van der Waals surface area contributed by atoms with Crippen molar-refractivity contribution in [2.24, 2.45) is 0 Å². The Bertz CT molecular complexity index is 3010. The van der Waals surface area contributed by atoms with Gasteiger partial charge in [-0.05, 0) is 69.0 Å². The number of nitrogens with two attached hydrogens (primary N) is 1. The number of rotatable bonds is 13. The van der Waals surface area contributed by atoms with E-state index in [1.807, 2.05) is 86.6 Å². The van der Waals surface area contributed by atoms with Crippen LogP contribution in [0.3, 0.4) is 0 Å². The average Bonchev–Trinajstić information content (AvgIpc) is 3.28. The van der Waals surface area contributed by atoms with Gasteiger partial charge in [-0.15, -0.1) is 9.46 Å². The van der Waals surface area contributed by atoms with E-state index >= 15 is 0 Å². The lowest BCUT2D eigenvalue weighted by molar-refractivity contribution is 0.0635. The first kappa shape index (κ1) is 44.6. The second-order valence-electron chi connectivity index (χ2n) is 15.7. The van der Waals surface area contributed by atoms with Gasteiger partial charge in [0.25, 0.3) is 11.1 Å². The van der Waals surface area contributed by atoms with Crippen molar-refractivity contribution in [3.8, 4) is 0 Å². The molecule has 8 aromatic rings. The molecule has 0 aliphatic rings. The van der Waals surface area contributed by atoms with Gasteiger partial charge in [0.2, 0.25) is 0 Å². The van der Waals surface area contributed by atoms with Gasteiger partial charge in [-0.25, -0.2) is 34.7 Å². The minimum absolute atomic E-state index is 0.223. The van der Waals surface area contributed by atoms with E-state index in [0.29, 0.717) is 58.5 Å². The van der Waals surface area contributed by atoms with Gasteiger partial charge in [0, 0.05) is 37.6 Å². The molecule has 0 atom stereocenters. The maximum atomic E-state index is 12.9. The van der Waals surface area contributed by atoms with Crippen molar-refractivity contribution in [2.75, 3.05) is 21.7 Å². The topological polar surface area (TPSA) is 228 Å². The Labute approximate surface area is 373 Å². The summed E-state index contributed by atoms with van der Waals surface area (Å²) in [7, 11) is 0. The molecule has 0 unspecified atom stereocenters. The summed E-state index contributed by atoms with van der Waals surface area (Å²) in [6.45, 7) is 10.4. The number of ether oxygens (including phenoxy) is 1. The molecule has 6 aromatic heterocycles. The van der Waals surface area contributed by atoms with Crippen molar-refractivity contribution in [2.45, 2.75) is 66.5 Å².